The summed E-state index contributed by atoms with van der Waals surface area (Å²) < 4.78 is 5.61. The molecule has 1 saturated heterocycles. The number of anilines is 1. The van der Waals surface area contributed by atoms with Crippen molar-refractivity contribution in [1.29, 1.82) is 0 Å². The third-order valence-electron chi connectivity index (χ3n) is 5.30. The molecule has 1 unspecified atom stereocenters. The SMILES string of the molecule is CCN(CC)C(CNC(=O)C1CCN(c2ncccn2)CC1)c1ccco1. The van der Waals surface area contributed by atoms with E-state index in [1.165, 1.54) is 0 Å². The molecule has 3 rings (SSSR count). The molecular weight excluding hydrogens is 342 g/mol. The number of piperidine rings is 1. The van der Waals surface area contributed by atoms with E-state index in [0.717, 1.165) is 50.7 Å². The van der Waals surface area contributed by atoms with E-state index < -0.39 is 0 Å². The summed E-state index contributed by atoms with van der Waals surface area (Å²) in [6.07, 6.45) is 6.84. The lowest BCUT2D eigenvalue weighted by Crippen LogP contribution is -2.44. The summed E-state index contributed by atoms with van der Waals surface area (Å²) in [7, 11) is 0. The van der Waals surface area contributed by atoms with Crippen molar-refractivity contribution in [2.45, 2.75) is 32.7 Å². The number of nitrogens with one attached hydrogen (secondary N) is 1. The van der Waals surface area contributed by atoms with Crippen LogP contribution >= 0.6 is 0 Å². The zero-order valence-corrected chi connectivity index (χ0v) is 16.2. The molecular formula is C20H29N5O2. The van der Waals surface area contributed by atoms with E-state index in [2.05, 4.69) is 38.9 Å². The van der Waals surface area contributed by atoms with Crippen LogP contribution in [0.3, 0.4) is 0 Å². The third kappa shape index (κ3) is 4.86. The molecule has 1 atom stereocenters. The molecule has 1 fully saturated rings. The highest BCUT2D eigenvalue weighted by atomic mass is 16.3. The normalized spacial score (nSPS) is 16.5. The topological polar surface area (TPSA) is 74.5 Å². The van der Waals surface area contributed by atoms with Gasteiger partial charge in [0, 0.05) is 37.9 Å². The van der Waals surface area contributed by atoms with Gasteiger partial charge in [0.1, 0.15) is 5.76 Å². The molecule has 146 valence electrons. The number of aromatic nitrogens is 2. The van der Waals surface area contributed by atoms with Crippen LogP contribution in [0.15, 0.2) is 41.3 Å². The quantitative estimate of drug-likeness (QED) is 0.768. The number of carbonyl (C=O) groups excluding carboxylic acids is 1. The lowest BCUT2D eigenvalue weighted by molar-refractivity contribution is -0.125. The zero-order chi connectivity index (χ0) is 19.1. The van der Waals surface area contributed by atoms with Gasteiger partial charge in [0.05, 0.1) is 12.3 Å². The van der Waals surface area contributed by atoms with Gasteiger partial charge in [-0.15, -0.1) is 0 Å². The number of hydrogen-bond donors (Lipinski definition) is 1. The fraction of sp³-hybridized carbons (Fsp3) is 0.550. The molecule has 0 aliphatic carbocycles. The Hall–Kier alpha value is -2.41. The van der Waals surface area contributed by atoms with Crippen molar-refractivity contribution >= 4 is 11.9 Å². The summed E-state index contributed by atoms with van der Waals surface area (Å²) in [5, 5.41) is 3.15. The predicted molar refractivity (Wildman–Crippen MR) is 104 cm³/mol. The van der Waals surface area contributed by atoms with Gasteiger partial charge in [-0.3, -0.25) is 9.69 Å². The maximum absolute atomic E-state index is 12.7. The fourth-order valence-electron chi connectivity index (χ4n) is 3.69. The highest BCUT2D eigenvalue weighted by molar-refractivity contribution is 5.79. The van der Waals surface area contributed by atoms with Gasteiger partial charge in [0.25, 0.3) is 0 Å². The first kappa shape index (κ1) is 19.4. The van der Waals surface area contributed by atoms with Crippen LogP contribution < -0.4 is 10.2 Å². The molecule has 2 aromatic rings. The van der Waals surface area contributed by atoms with Gasteiger partial charge < -0.3 is 14.6 Å². The van der Waals surface area contributed by atoms with Crippen molar-refractivity contribution in [2.24, 2.45) is 5.92 Å². The van der Waals surface area contributed by atoms with Gasteiger partial charge >= 0.3 is 0 Å². The van der Waals surface area contributed by atoms with Crippen molar-refractivity contribution in [3.05, 3.63) is 42.6 Å². The summed E-state index contributed by atoms with van der Waals surface area (Å²) >= 11 is 0. The molecule has 27 heavy (non-hydrogen) atoms. The number of carbonyl (C=O) groups is 1. The van der Waals surface area contributed by atoms with Crippen molar-refractivity contribution < 1.29 is 9.21 Å². The number of hydrogen-bond acceptors (Lipinski definition) is 6. The second kappa shape index (κ2) is 9.50. The van der Waals surface area contributed by atoms with Crippen LogP contribution in [0.25, 0.3) is 0 Å². The van der Waals surface area contributed by atoms with E-state index in [4.69, 9.17) is 4.42 Å². The Morgan fingerprint density at radius 3 is 2.56 bits per heavy atom. The molecule has 0 spiro atoms. The molecule has 0 radical (unpaired) electrons. The van der Waals surface area contributed by atoms with Crippen molar-refractivity contribution in [3.8, 4) is 0 Å². The molecule has 0 bridgehead atoms. The molecule has 3 heterocycles. The molecule has 0 aromatic carbocycles. The van der Waals surface area contributed by atoms with Crippen LogP contribution in [0.2, 0.25) is 0 Å². The van der Waals surface area contributed by atoms with Crippen molar-refractivity contribution in [3.63, 3.8) is 0 Å². The van der Waals surface area contributed by atoms with Crippen molar-refractivity contribution in [1.82, 2.24) is 20.2 Å². The van der Waals surface area contributed by atoms with Crippen LogP contribution in [0.1, 0.15) is 38.5 Å². The van der Waals surface area contributed by atoms with Gasteiger partial charge in [-0.25, -0.2) is 9.97 Å². The first-order valence-electron chi connectivity index (χ1n) is 9.80. The molecule has 0 saturated carbocycles. The Balaban J connectivity index is 1.52. The number of rotatable bonds is 8. The summed E-state index contributed by atoms with van der Waals surface area (Å²) in [5.41, 5.74) is 0. The minimum absolute atomic E-state index is 0.0407. The number of nitrogens with zero attached hydrogens (tertiary/aromatic N) is 4. The Bertz CT molecular complexity index is 680. The molecule has 1 amide bonds. The minimum Gasteiger partial charge on any atom is -0.468 e. The van der Waals surface area contributed by atoms with Crippen LogP contribution in [0.4, 0.5) is 5.95 Å². The summed E-state index contributed by atoms with van der Waals surface area (Å²) in [6.45, 7) is 8.25. The van der Waals surface area contributed by atoms with E-state index in [1.54, 1.807) is 18.7 Å². The number of likely N-dealkylation sites (N-methyl/N-ethyl adjacent to an activating group) is 1. The van der Waals surface area contributed by atoms with Gasteiger partial charge in [-0.2, -0.15) is 0 Å². The largest absolute Gasteiger partial charge is 0.468 e. The van der Waals surface area contributed by atoms with Crippen LogP contribution in [-0.4, -0.2) is 53.5 Å². The molecule has 1 aliphatic heterocycles. The van der Waals surface area contributed by atoms with E-state index in [-0.39, 0.29) is 17.9 Å². The van der Waals surface area contributed by atoms with E-state index in [1.807, 2.05) is 18.2 Å². The van der Waals surface area contributed by atoms with Gasteiger partial charge in [0.15, 0.2) is 0 Å². The average molecular weight is 371 g/mol. The number of amides is 1. The standard InChI is InChI=1S/C20H29N5O2/c1-3-24(4-2)17(18-7-5-14-27-18)15-23-19(26)16-8-12-25(13-9-16)20-21-10-6-11-22-20/h5-7,10-11,14,16-17H,3-4,8-9,12-13,15H2,1-2H3,(H,23,26). The predicted octanol–water partition coefficient (Wildman–Crippen LogP) is 2.49. The third-order valence-corrected chi connectivity index (χ3v) is 5.30. The highest BCUT2D eigenvalue weighted by Gasteiger charge is 2.27. The molecule has 1 aliphatic rings. The zero-order valence-electron chi connectivity index (χ0n) is 16.2. The van der Waals surface area contributed by atoms with Gasteiger partial charge in [-0.05, 0) is 44.1 Å². The van der Waals surface area contributed by atoms with Gasteiger partial charge in [-0.1, -0.05) is 13.8 Å². The van der Waals surface area contributed by atoms with E-state index in [9.17, 15) is 4.79 Å². The first-order chi connectivity index (χ1) is 13.2. The maximum atomic E-state index is 12.7. The summed E-state index contributed by atoms with van der Waals surface area (Å²) in [4.78, 5) is 25.7. The van der Waals surface area contributed by atoms with Crippen LogP contribution in [0.5, 0.6) is 0 Å². The van der Waals surface area contributed by atoms with Crippen LogP contribution in [-0.2, 0) is 4.79 Å². The van der Waals surface area contributed by atoms with E-state index in [0.29, 0.717) is 6.54 Å². The lowest BCUT2D eigenvalue weighted by atomic mass is 9.96. The highest BCUT2D eigenvalue weighted by Crippen LogP contribution is 2.23. The molecule has 7 nitrogen and oxygen atoms in total. The second-order valence-corrected chi connectivity index (χ2v) is 6.81. The monoisotopic (exact) mass is 371 g/mol. The Morgan fingerprint density at radius 2 is 1.96 bits per heavy atom. The second-order valence-electron chi connectivity index (χ2n) is 6.81. The van der Waals surface area contributed by atoms with Gasteiger partial charge in [0.2, 0.25) is 11.9 Å². The maximum Gasteiger partial charge on any atom is 0.225 e. The van der Waals surface area contributed by atoms with Crippen LogP contribution in [0, 0.1) is 5.92 Å². The smallest absolute Gasteiger partial charge is 0.225 e. The molecule has 1 N–H and O–H groups in total. The number of furan rings is 1. The van der Waals surface area contributed by atoms with E-state index >= 15 is 0 Å². The minimum atomic E-state index is 0.0407. The molecule has 2 aromatic heterocycles. The fourth-order valence-corrected chi connectivity index (χ4v) is 3.69. The Kier molecular flexibility index (Phi) is 6.81. The summed E-state index contributed by atoms with van der Waals surface area (Å²) in [6, 6.07) is 5.76. The molecule has 7 heteroatoms. The Morgan fingerprint density at radius 1 is 1.26 bits per heavy atom. The lowest BCUT2D eigenvalue weighted by Gasteiger charge is -2.32. The Labute approximate surface area is 160 Å². The van der Waals surface area contributed by atoms with Crippen molar-refractivity contribution in [2.75, 3.05) is 37.6 Å². The average Bonchev–Trinajstić information content (AvgIpc) is 3.26. The summed E-state index contributed by atoms with van der Waals surface area (Å²) in [5.74, 6) is 1.82. The first-order valence-corrected chi connectivity index (χ1v) is 9.80.